The number of thiophene rings is 1. The van der Waals surface area contributed by atoms with Crippen molar-refractivity contribution in [3.05, 3.63) is 39.0 Å². The number of sulfonamides is 1. The Morgan fingerprint density at radius 3 is 2.41 bits per heavy atom. The number of nitrogens with zero attached hydrogens (tertiary/aromatic N) is 2. The highest BCUT2D eigenvalue weighted by Gasteiger charge is 2.33. The molecule has 3 rings (SSSR count). The summed E-state index contributed by atoms with van der Waals surface area (Å²) in [6, 6.07) is 3.04. The number of aromatic amines is 1. The molecule has 0 saturated carbocycles. The number of piperazine rings is 1. The smallest absolute Gasteiger partial charge is 0.340 e. The Kier molecular flexibility index (Phi) is 6.37. The fourth-order valence-electron chi connectivity index (χ4n) is 3.33. The Morgan fingerprint density at radius 2 is 1.86 bits per heavy atom. The average molecular weight is 460 g/mol. The van der Waals surface area contributed by atoms with Gasteiger partial charge in [-0.25, -0.2) is 13.2 Å². The molecule has 0 bridgehead atoms. The van der Waals surface area contributed by atoms with Gasteiger partial charge >= 0.3 is 5.97 Å². The van der Waals surface area contributed by atoms with Gasteiger partial charge in [0.05, 0.1) is 16.5 Å². The number of nitrogens with one attached hydrogen (secondary N) is 1. The standard InChI is InChI=1S/C18H22ClN3O5S2/c1-4-27-18(24)15-11(2)16(20-12(15)3)17(23)21-7-9-22(10-8-21)29(25,26)14-6-5-13(19)28-14/h5-6,20H,4,7-10H2,1-3H3. The predicted octanol–water partition coefficient (Wildman–Crippen LogP) is 2.67. The number of aromatic nitrogens is 1. The number of carbonyl (C=O) groups is 2. The molecule has 1 aliphatic rings. The topological polar surface area (TPSA) is 99.8 Å². The number of aryl methyl sites for hydroxylation is 1. The van der Waals surface area contributed by atoms with Crippen molar-refractivity contribution >= 4 is 44.8 Å². The SMILES string of the molecule is CCOC(=O)c1c(C)[nH]c(C(=O)N2CCN(S(=O)(=O)c3ccc(Cl)s3)CC2)c1C. The van der Waals surface area contributed by atoms with Gasteiger partial charge in [-0.3, -0.25) is 4.79 Å². The van der Waals surface area contributed by atoms with Gasteiger partial charge in [-0.15, -0.1) is 11.3 Å². The third kappa shape index (κ3) is 4.20. The fraction of sp³-hybridized carbons (Fsp3) is 0.444. The van der Waals surface area contributed by atoms with Crippen molar-refractivity contribution in [3.63, 3.8) is 0 Å². The van der Waals surface area contributed by atoms with Crippen LogP contribution in [0.15, 0.2) is 16.3 Å². The van der Waals surface area contributed by atoms with Crippen LogP contribution in [0.1, 0.15) is 39.0 Å². The van der Waals surface area contributed by atoms with Gasteiger partial charge in [-0.2, -0.15) is 4.31 Å². The molecule has 158 valence electrons. The molecular weight excluding hydrogens is 438 g/mol. The van der Waals surface area contributed by atoms with Crippen LogP contribution in [-0.2, 0) is 14.8 Å². The fourth-order valence-corrected chi connectivity index (χ4v) is 6.39. The zero-order valence-corrected chi connectivity index (χ0v) is 18.7. The summed E-state index contributed by atoms with van der Waals surface area (Å²) in [4.78, 5) is 29.7. The molecule has 1 fully saturated rings. The minimum absolute atomic E-state index is 0.188. The maximum Gasteiger partial charge on any atom is 0.340 e. The molecule has 0 radical (unpaired) electrons. The van der Waals surface area contributed by atoms with Crippen LogP contribution >= 0.6 is 22.9 Å². The van der Waals surface area contributed by atoms with E-state index in [1.165, 1.54) is 10.4 Å². The molecular formula is C18H22ClN3O5S2. The van der Waals surface area contributed by atoms with Gasteiger partial charge in [0.15, 0.2) is 0 Å². The van der Waals surface area contributed by atoms with Gasteiger partial charge in [0.2, 0.25) is 0 Å². The highest BCUT2D eigenvalue weighted by Crippen LogP contribution is 2.29. The molecule has 1 amide bonds. The van der Waals surface area contributed by atoms with Gasteiger partial charge in [0.25, 0.3) is 15.9 Å². The molecule has 3 heterocycles. The van der Waals surface area contributed by atoms with Crippen molar-refractivity contribution in [3.8, 4) is 0 Å². The summed E-state index contributed by atoms with van der Waals surface area (Å²) in [5, 5.41) is 0. The molecule has 0 aromatic carbocycles. The van der Waals surface area contributed by atoms with E-state index in [-0.39, 0.29) is 42.9 Å². The minimum Gasteiger partial charge on any atom is -0.462 e. The summed E-state index contributed by atoms with van der Waals surface area (Å²) in [6.45, 7) is 6.26. The highest BCUT2D eigenvalue weighted by atomic mass is 35.5. The van der Waals surface area contributed by atoms with Crippen LogP contribution < -0.4 is 0 Å². The van der Waals surface area contributed by atoms with Crippen molar-refractivity contribution < 1.29 is 22.7 Å². The monoisotopic (exact) mass is 459 g/mol. The second-order valence-electron chi connectivity index (χ2n) is 6.60. The molecule has 0 aliphatic carbocycles. The lowest BCUT2D eigenvalue weighted by Gasteiger charge is -2.33. The van der Waals surface area contributed by atoms with Gasteiger partial charge < -0.3 is 14.6 Å². The first-order valence-electron chi connectivity index (χ1n) is 9.07. The summed E-state index contributed by atoms with van der Waals surface area (Å²) < 4.78 is 32.4. The summed E-state index contributed by atoms with van der Waals surface area (Å²) in [5.41, 5.74) is 1.80. The Balaban J connectivity index is 1.72. The average Bonchev–Trinajstić information content (AvgIpc) is 3.25. The number of hydrogen-bond donors (Lipinski definition) is 1. The number of halogens is 1. The van der Waals surface area contributed by atoms with Crippen molar-refractivity contribution in [2.75, 3.05) is 32.8 Å². The van der Waals surface area contributed by atoms with Gasteiger partial charge in [0, 0.05) is 31.9 Å². The van der Waals surface area contributed by atoms with Gasteiger partial charge in [-0.05, 0) is 38.5 Å². The van der Waals surface area contributed by atoms with E-state index in [0.717, 1.165) is 11.3 Å². The molecule has 11 heteroatoms. The van der Waals surface area contributed by atoms with Crippen LogP contribution in [0.5, 0.6) is 0 Å². The number of esters is 1. The lowest BCUT2D eigenvalue weighted by atomic mass is 10.1. The van der Waals surface area contributed by atoms with Crippen molar-refractivity contribution in [2.45, 2.75) is 25.0 Å². The largest absolute Gasteiger partial charge is 0.462 e. The number of hydrogen-bond acceptors (Lipinski definition) is 6. The van der Waals surface area contributed by atoms with Crippen molar-refractivity contribution in [1.29, 1.82) is 0 Å². The van der Waals surface area contributed by atoms with Crippen LogP contribution in [0.25, 0.3) is 0 Å². The summed E-state index contributed by atoms with van der Waals surface area (Å²) in [7, 11) is -3.62. The zero-order chi connectivity index (χ0) is 21.3. The van der Waals surface area contributed by atoms with E-state index in [2.05, 4.69) is 4.98 Å². The van der Waals surface area contributed by atoms with Crippen LogP contribution in [0, 0.1) is 13.8 Å². The third-order valence-electron chi connectivity index (χ3n) is 4.80. The first kappa shape index (κ1) is 21.8. The van der Waals surface area contributed by atoms with Crippen molar-refractivity contribution in [1.82, 2.24) is 14.2 Å². The molecule has 29 heavy (non-hydrogen) atoms. The van der Waals surface area contributed by atoms with E-state index >= 15 is 0 Å². The summed E-state index contributed by atoms with van der Waals surface area (Å²) in [6.07, 6.45) is 0. The molecule has 8 nitrogen and oxygen atoms in total. The number of H-pyrrole nitrogens is 1. The second kappa shape index (κ2) is 8.47. The molecule has 2 aromatic heterocycles. The van der Waals surface area contributed by atoms with E-state index in [9.17, 15) is 18.0 Å². The second-order valence-corrected chi connectivity index (χ2v) is 10.5. The molecule has 1 N–H and O–H groups in total. The van der Waals surface area contributed by atoms with Crippen LogP contribution in [0.4, 0.5) is 0 Å². The van der Waals surface area contributed by atoms with Crippen LogP contribution in [-0.4, -0.2) is 67.3 Å². The predicted molar refractivity (Wildman–Crippen MR) is 110 cm³/mol. The van der Waals surface area contributed by atoms with Gasteiger partial charge in [0.1, 0.15) is 9.90 Å². The normalized spacial score (nSPS) is 15.5. The highest BCUT2D eigenvalue weighted by molar-refractivity contribution is 7.91. The van der Waals surface area contributed by atoms with Gasteiger partial charge in [-0.1, -0.05) is 11.6 Å². The maximum atomic E-state index is 13.0. The molecule has 0 spiro atoms. The lowest BCUT2D eigenvalue weighted by Crippen LogP contribution is -2.50. The number of amides is 1. The number of ether oxygens (including phenoxy) is 1. The van der Waals surface area contributed by atoms with E-state index in [4.69, 9.17) is 16.3 Å². The van der Waals surface area contributed by atoms with E-state index < -0.39 is 16.0 Å². The maximum absolute atomic E-state index is 13.0. The Hall–Kier alpha value is -1.88. The molecule has 2 aromatic rings. The zero-order valence-electron chi connectivity index (χ0n) is 16.3. The van der Waals surface area contributed by atoms with E-state index in [1.54, 1.807) is 31.7 Å². The Bertz CT molecular complexity index is 1040. The third-order valence-corrected chi connectivity index (χ3v) is 8.40. The van der Waals surface area contributed by atoms with Crippen LogP contribution in [0.3, 0.4) is 0 Å². The minimum atomic E-state index is -3.62. The van der Waals surface area contributed by atoms with Crippen molar-refractivity contribution in [2.24, 2.45) is 0 Å². The Labute approximate surface area is 178 Å². The lowest BCUT2D eigenvalue weighted by molar-refractivity contribution is 0.0525. The molecule has 1 aliphatic heterocycles. The quantitative estimate of drug-likeness (QED) is 0.693. The molecule has 0 atom stereocenters. The molecule has 0 unspecified atom stereocenters. The number of carbonyl (C=O) groups excluding carboxylic acids is 2. The summed E-state index contributed by atoms with van der Waals surface area (Å²) in [5.74, 6) is -0.735. The van der Waals surface area contributed by atoms with Crippen LogP contribution in [0.2, 0.25) is 4.34 Å². The number of rotatable bonds is 5. The first-order chi connectivity index (χ1) is 13.7. The van der Waals surface area contributed by atoms with E-state index in [0.29, 0.717) is 26.9 Å². The Morgan fingerprint density at radius 1 is 1.21 bits per heavy atom. The first-order valence-corrected chi connectivity index (χ1v) is 11.7. The van der Waals surface area contributed by atoms with E-state index in [1.807, 2.05) is 0 Å². The molecule has 1 saturated heterocycles. The summed E-state index contributed by atoms with van der Waals surface area (Å²) >= 11 is 6.87.